The Kier molecular flexibility index (Phi) is 5.15. The zero-order chi connectivity index (χ0) is 22.2. The van der Waals surface area contributed by atoms with E-state index in [0.29, 0.717) is 5.75 Å². The van der Waals surface area contributed by atoms with Crippen LogP contribution in [0.3, 0.4) is 0 Å². The van der Waals surface area contributed by atoms with Crippen molar-refractivity contribution in [3.05, 3.63) is 83.3 Å². The van der Waals surface area contributed by atoms with E-state index in [0.717, 1.165) is 43.8 Å². The average Bonchev–Trinajstić information content (AvgIpc) is 2.82. The number of aromatic nitrogens is 1. The predicted octanol–water partition coefficient (Wildman–Crippen LogP) is 5.91. The lowest BCUT2D eigenvalue weighted by molar-refractivity contribution is -0.120. The summed E-state index contributed by atoms with van der Waals surface area (Å²) >= 11 is 3.48. The number of amides is 1. The smallest absolute Gasteiger partial charge is 0.264 e. The molecule has 1 amide bonds. The monoisotopic (exact) mass is 486 g/mol. The average molecular weight is 487 g/mol. The largest absolute Gasteiger partial charge is 0.508 e. The second kappa shape index (κ2) is 8.13. The molecule has 0 atom stereocenters. The molecule has 0 aliphatic carbocycles. The number of hydrogen-bond donors (Lipinski definition) is 1. The maximum absolute atomic E-state index is 12.1. The Labute approximate surface area is 194 Å². The molecule has 0 saturated heterocycles. The number of benzene rings is 3. The number of phenols is 1. The highest BCUT2D eigenvalue weighted by Crippen LogP contribution is 2.37. The highest BCUT2D eigenvalue weighted by atomic mass is 79.9. The molecule has 0 saturated carbocycles. The predicted molar refractivity (Wildman–Crippen MR) is 129 cm³/mol. The maximum atomic E-state index is 12.1. The van der Waals surface area contributed by atoms with Crippen molar-refractivity contribution >= 4 is 27.5 Å². The third kappa shape index (κ3) is 3.85. The molecule has 0 bridgehead atoms. The Balaban J connectivity index is 1.67. The van der Waals surface area contributed by atoms with Gasteiger partial charge in [-0.2, -0.15) is 0 Å². The zero-order valence-corrected chi connectivity index (χ0v) is 18.8. The lowest BCUT2D eigenvalue weighted by Crippen LogP contribution is -2.35. The van der Waals surface area contributed by atoms with Gasteiger partial charge in [0.2, 0.25) is 0 Å². The zero-order valence-electron chi connectivity index (χ0n) is 17.2. The molecular weight excluding hydrogens is 468 g/mol. The van der Waals surface area contributed by atoms with Gasteiger partial charge in [0.1, 0.15) is 11.5 Å². The van der Waals surface area contributed by atoms with Gasteiger partial charge in [-0.15, -0.1) is 0 Å². The first-order valence-corrected chi connectivity index (χ1v) is 10.9. The summed E-state index contributed by atoms with van der Waals surface area (Å²) in [4.78, 5) is 18.6. The summed E-state index contributed by atoms with van der Waals surface area (Å²) in [6.07, 6.45) is 0. The number of phenolic OH excluding ortho intramolecular Hbond substituents is 1. The van der Waals surface area contributed by atoms with Gasteiger partial charge in [-0.25, -0.2) is 4.98 Å². The topological polar surface area (TPSA) is 62.7 Å². The Morgan fingerprint density at radius 2 is 1.47 bits per heavy atom. The first kappa shape index (κ1) is 20.3. The summed E-state index contributed by atoms with van der Waals surface area (Å²) in [6, 6.07) is 24.9. The molecule has 5 nitrogen and oxygen atoms in total. The van der Waals surface area contributed by atoms with Crippen LogP contribution < -0.4 is 9.64 Å². The summed E-state index contributed by atoms with van der Waals surface area (Å²) in [5.74, 6) is 0.813. The number of carbonyl (C=O) groups excluding carboxylic acids is 1. The summed E-state index contributed by atoms with van der Waals surface area (Å²) in [5.41, 5.74) is 6.15. The first-order valence-electron chi connectivity index (χ1n) is 10.1. The molecule has 1 aliphatic rings. The molecule has 158 valence electrons. The third-order valence-corrected chi connectivity index (χ3v) is 6.04. The molecular formula is C26H19BrN2O3. The lowest BCUT2D eigenvalue weighted by Gasteiger charge is -2.26. The Hall–Kier alpha value is -3.64. The number of nitrogens with zero attached hydrogens (tertiary/aromatic N) is 2. The highest BCUT2D eigenvalue weighted by molar-refractivity contribution is 9.10. The number of likely N-dealkylation sites (N-methyl/N-ethyl adjacent to an activating group) is 1. The number of anilines is 1. The number of pyridine rings is 1. The van der Waals surface area contributed by atoms with Crippen molar-refractivity contribution in [1.82, 2.24) is 4.98 Å². The van der Waals surface area contributed by atoms with Crippen LogP contribution in [-0.4, -0.2) is 29.7 Å². The number of fused-ring (bicyclic) bond motifs is 1. The van der Waals surface area contributed by atoms with Crippen molar-refractivity contribution in [3.8, 4) is 45.1 Å². The molecule has 2 heterocycles. The Bertz CT molecular complexity index is 1250. The van der Waals surface area contributed by atoms with Gasteiger partial charge in [0.25, 0.3) is 5.91 Å². The molecule has 6 heteroatoms. The number of aromatic hydroxyl groups is 1. The third-order valence-electron chi connectivity index (χ3n) is 5.51. The van der Waals surface area contributed by atoms with E-state index >= 15 is 0 Å². The van der Waals surface area contributed by atoms with Gasteiger partial charge in [-0.05, 0) is 65.7 Å². The van der Waals surface area contributed by atoms with Crippen LogP contribution in [0.4, 0.5) is 5.69 Å². The van der Waals surface area contributed by atoms with Crippen LogP contribution in [-0.2, 0) is 4.79 Å². The molecule has 4 aromatic rings. The SMILES string of the molecule is CN1C(=O)COc2ccc(-c3cc(-c4ccc(O)cc4)cc(-c4ccc(Br)cc4)n3)cc21. The highest BCUT2D eigenvalue weighted by Gasteiger charge is 2.23. The second-order valence-electron chi connectivity index (χ2n) is 7.60. The second-order valence-corrected chi connectivity index (χ2v) is 8.52. The Morgan fingerprint density at radius 1 is 0.844 bits per heavy atom. The minimum atomic E-state index is -0.0870. The van der Waals surface area contributed by atoms with Crippen LogP contribution in [0.1, 0.15) is 0 Å². The fourth-order valence-electron chi connectivity index (χ4n) is 3.70. The van der Waals surface area contributed by atoms with Crippen LogP contribution in [0, 0.1) is 0 Å². The van der Waals surface area contributed by atoms with Gasteiger partial charge < -0.3 is 14.7 Å². The van der Waals surface area contributed by atoms with Crippen molar-refractivity contribution in [3.63, 3.8) is 0 Å². The molecule has 1 aromatic heterocycles. The van der Waals surface area contributed by atoms with Gasteiger partial charge >= 0.3 is 0 Å². The molecule has 5 rings (SSSR count). The number of carbonyl (C=O) groups is 1. The summed E-state index contributed by atoms with van der Waals surface area (Å²) < 4.78 is 6.56. The first-order chi connectivity index (χ1) is 15.5. The van der Waals surface area contributed by atoms with Crippen LogP contribution in [0.2, 0.25) is 0 Å². The van der Waals surface area contributed by atoms with Crippen molar-refractivity contribution < 1.29 is 14.6 Å². The molecule has 1 N–H and O–H groups in total. The summed E-state index contributed by atoms with van der Waals surface area (Å²) in [7, 11) is 1.75. The normalized spacial score (nSPS) is 12.9. The minimum absolute atomic E-state index is 0.0468. The van der Waals surface area contributed by atoms with Gasteiger partial charge in [0, 0.05) is 22.6 Å². The van der Waals surface area contributed by atoms with E-state index in [2.05, 4.69) is 15.9 Å². The standard InChI is InChI=1S/C26H19BrN2O3/c1-29-24-14-18(6-11-25(24)32-15-26(29)31)23-13-19(16-4-9-21(30)10-5-16)12-22(28-23)17-2-7-20(27)8-3-17/h2-14,30H,15H2,1H3. The number of halogens is 1. The van der Waals surface area contributed by atoms with Crippen molar-refractivity contribution in [2.75, 3.05) is 18.6 Å². The molecule has 32 heavy (non-hydrogen) atoms. The molecule has 1 aliphatic heterocycles. The molecule has 3 aromatic carbocycles. The number of ether oxygens (including phenoxy) is 1. The molecule has 0 fully saturated rings. The van der Waals surface area contributed by atoms with Crippen LogP contribution in [0.5, 0.6) is 11.5 Å². The van der Waals surface area contributed by atoms with Crippen LogP contribution in [0.25, 0.3) is 33.6 Å². The van der Waals surface area contributed by atoms with E-state index < -0.39 is 0 Å². The van der Waals surface area contributed by atoms with Gasteiger partial charge in [-0.3, -0.25) is 4.79 Å². The Morgan fingerprint density at radius 3 is 2.19 bits per heavy atom. The fraction of sp³-hybridized carbons (Fsp3) is 0.0769. The maximum Gasteiger partial charge on any atom is 0.264 e. The van der Waals surface area contributed by atoms with E-state index in [-0.39, 0.29) is 18.3 Å². The minimum Gasteiger partial charge on any atom is -0.508 e. The van der Waals surface area contributed by atoms with Crippen molar-refractivity contribution in [1.29, 1.82) is 0 Å². The van der Waals surface area contributed by atoms with E-state index in [4.69, 9.17) is 9.72 Å². The summed E-state index contributed by atoms with van der Waals surface area (Å²) in [6.45, 7) is 0.0468. The molecule has 0 radical (unpaired) electrons. The number of hydrogen-bond acceptors (Lipinski definition) is 4. The van der Waals surface area contributed by atoms with Gasteiger partial charge in [-0.1, -0.05) is 40.2 Å². The molecule has 0 unspecified atom stereocenters. The fourth-order valence-corrected chi connectivity index (χ4v) is 3.96. The summed E-state index contributed by atoms with van der Waals surface area (Å²) in [5, 5.41) is 9.69. The lowest BCUT2D eigenvalue weighted by atomic mass is 9.99. The van der Waals surface area contributed by atoms with E-state index in [9.17, 15) is 9.90 Å². The van der Waals surface area contributed by atoms with Crippen molar-refractivity contribution in [2.45, 2.75) is 0 Å². The quantitative estimate of drug-likeness (QED) is 0.391. The van der Waals surface area contributed by atoms with Crippen molar-refractivity contribution in [2.24, 2.45) is 0 Å². The molecule has 0 spiro atoms. The van der Waals surface area contributed by atoms with Gasteiger partial charge in [0.15, 0.2) is 6.61 Å². The van der Waals surface area contributed by atoms with Crippen LogP contribution in [0.15, 0.2) is 83.3 Å². The number of rotatable bonds is 3. The van der Waals surface area contributed by atoms with Gasteiger partial charge in [0.05, 0.1) is 17.1 Å². The van der Waals surface area contributed by atoms with E-state index in [1.54, 1.807) is 24.1 Å². The van der Waals surface area contributed by atoms with E-state index in [1.807, 2.05) is 66.7 Å². The van der Waals surface area contributed by atoms with E-state index in [1.165, 1.54) is 0 Å². The van der Waals surface area contributed by atoms with Crippen LogP contribution >= 0.6 is 15.9 Å².